The number of hydrogen-bond acceptors (Lipinski definition) is 5. The van der Waals surface area contributed by atoms with Crippen molar-refractivity contribution >= 4 is 23.1 Å². The number of anilines is 1. The van der Waals surface area contributed by atoms with Crippen LogP contribution in [-0.4, -0.2) is 30.5 Å². The molecule has 1 atom stereocenters. The molecule has 7 nitrogen and oxygen atoms in total. The Labute approximate surface area is 176 Å². The molecule has 0 spiro atoms. The van der Waals surface area contributed by atoms with Crippen LogP contribution < -0.4 is 5.32 Å². The van der Waals surface area contributed by atoms with Crippen molar-refractivity contribution in [1.82, 2.24) is 24.5 Å². The van der Waals surface area contributed by atoms with Crippen LogP contribution in [0.4, 0.5) is 10.2 Å². The molecule has 1 unspecified atom stereocenters. The standard InChI is InChI=1S/C21H19FN6OS/c1-13(14-4-5-14)27-18(10-11-23-27)24-21(29)19-25-20(17-3-2-12-30-17)28(26-19)16-8-6-15(22)7-9-16/h2-3,6-14H,4-5H2,1H3,(H,24,29). The number of amides is 1. The second-order valence-electron chi connectivity index (χ2n) is 7.32. The number of nitrogens with one attached hydrogen (secondary N) is 1. The smallest absolute Gasteiger partial charge is 0.296 e. The number of aromatic nitrogens is 5. The summed E-state index contributed by atoms with van der Waals surface area (Å²) in [6.45, 7) is 2.11. The van der Waals surface area contributed by atoms with E-state index in [1.54, 1.807) is 29.1 Å². The summed E-state index contributed by atoms with van der Waals surface area (Å²) in [4.78, 5) is 18.3. The topological polar surface area (TPSA) is 77.6 Å². The highest BCUT2D eigenvalue weighted by atomic mass is 32.1. The minimum absolute atomic E-state index is 0.0366. The van der Waals surface area contributed by atoms with Gasteiger partial charge in [-0.25, -0.2) is 18.7 Å². The first-order chi connectivity index (χ1) is 14.6. The van der Waals surface area contributed by atoms with Crippen LogP contribution in [0.2, 0.25) is 0 Å². The SMILES string of the molecule is CC(C1CC1)n1nccc1NC(=O)c1nc(-c2cccs2)n(-c2ccc(F)cc2)n1. The molecule has 1 fully saturated rings. The summed E-state index contributed by atoms with van der Waals surface area (Å²) in [7, 11) is 0. The lowest BCUT2D eigenvalue weighted by Gasteiger charge is -2.14. The highest BCUT2D eigenvalue weighted by molar-refractivity contribution is 7.13. The zero-order valence-corrected chi connectivity index (χ0v) is 17.0. The van der Waals surface area contributed by atoms with Crippen molar-refractivity contribution in [2.24, 2.45) is 5.92 Å². The predicted octanol–water partition coefficient (Wildman–Crippen LogP) is 4.55. The first-order valence-corrected chi connectivity index (χ1v) is 10.6. The third-order valence-electron chi connectivity index (χ3n) is 5.22. The molecule has 1 aromatic carbocycles. The Kier molecular flexibility index (Phi) is 4.66. The van der Waals surface area contributed by atoms with Crippen LogP contribution in [0, 0.1) is 11.7 Å². The van der Waals surface area contributed by atoms with Crippen molar-refractivity contribution in [3.63, 3.8) is 0 Å². The molecule has 1 N–H and O–H groups in total. The minimum Gasteiger partial charge on any atom is -0.304 e. The number of carbonyl (C=O) groups is 1. The van der Waals surface area contributed by atoms with Crippen LogP contribution >= 0.6 is 11.3 Å². The average Bonchev–Trinajstić information content (AvgIpc) is 3.12. The van der Waals surface area contributed by atoms with Gasteiger partial charge in [-0.2, -0.15) is 5.10 Å². The van der Waals surface area contributed by atoms with Crippen LogP contribution in [0.25, 0.3) is 16.4 Å². The Morgan fingerprint density at radius 3 is 2.73 bits per heavy atom. The molecule has 1 aliphatic rings. The summed E-state index contributed by atoms with van der Waals surface area (Å²) in [5.74, 6) is 1.03. The van der Waals surface area contributed by atoms with Crippen molar-refractivity contribution in [2.45, 2.75) is 25.8 Å². The van der Waals surface area contributed by atoms with E-state index in [1.165, 1.54) is 36.3 Å². The monoisotopic (exact) mass is 422 g/mol. The molecule has 3 aromatic heterocycles. The maximum atomic E-state index is 13.4. The molecule has 30 heavy (non-hydrogen) atoms. The second-order valence-corrected chi connectivity index (χ2v) is 8.27. The molecule has 152 valence electrons. The number of benzene rings is 1. The van der Waals surface area contributed by atoms with Gasteiger partial charge in [-0.15, -0.1) is 16.4 Å². The van der Waals surface area contributed by atoms with Crippen molar-refractivity contribution < 1.29 is 9.18 Å². The predicted molar refractivity (Wildman–Crippen MR) is 112 cm³/mol. The van der Waals surface area contributed by atoms with Gasteiger partial charge in [0.1, 0.15) is 11.6 Å². The Morgan fingerprint density at radius 2 is 2.03 bits per heavy atom. The molecule has 1 saturated carbocycles. The quantitative estimate of drug-likeness (QED) is 0.494. The Bertz CT molecular complexity index is 1180. The summed E-state index contributed by atoms with van der Waals surface area (Å²) in [5, 5.41) is 13.6. The van der Waals surface area contributed by atoms with E-state index in [-0.39, 0.29) is 17.7 Å². The first kappa shape index (κ1) is 18.7. The molecule has 0 saturated heterocycles. The molecule has 0 aliphatic heterocycles. The van der Waals surface area contributed by atoms with Crippen LogP contribution in [0.1, 0.15) is 36.4 Å². The Hall–Kier alpha value is -3.33. The van der Waals surface area contributed by atoms with E-state index in [2.05, 4.69) is 27.4 Å². The molecule has 3 heterocycles. The number of carbonyl (C=O) groups excluding carboxylic acids is 1. The van der Waals surface area contributed by atoms with Crippen molar-refractivity contribution in [3.05, 3.63) is 65.7 Å². The summed E-state index contributed by atoms with van der Waals surface area (Å²) < 4.78 is 16.8. The van der Waals surface area contributed by atoms with E-state index in [9.17, 15) is 9.18 Å². The van der Waals surface area contributed by atoms with E-state index in [0.29, 0.717) is 23.2 Å². The van der Waals surface area contributed by atoms with E-state index in [0.717, 1.165) is 4.88 Å². The maximum Gasteiger partial charge on any atom is 0.296 e. The highest BCUT2D eigenvalue weighted by Crippen LogP contribution is 2.40. The third-order valence-corrected chi connectivity index (χ3v) is 6.09. The lowest BCUT2D eigenvalue weighted by Crippen LogP contribution is -2.19. The summed E-state index contributed by atoms with van der Waals surface area (Å²) in [6, 6.07) is 11.7. The fourth-order valence-corrected chi connectivity index (χ4v) is 4.12. The molecule has 0 radical (unpaired) electrons. The van der Waals surface area contributed by atoms with E-state index in [1.807, 2.05) is 22.2 Å². The largest absolute Gasteiger partial charge is 0.304 e. The lowest BCUT2D eigenvalue weighted by molar-refractivity contribution is 0.101. The van der Waals surface area contributed by atoms with Gasteiger partial charge in [0.15, 0.2) is 5.82 Å². The fourth-order valence-electron chi connectivity index (χ4n) is 3.42. The molecule has 4 aromatic rings. The van der Waals surface area contributed by atoms with Crippen molar-refractivity contribution in [1.29, 1.82) is 0 Å². The van der Waals surface area contributed by atoms with Gasteiger partial charge >= 0.3 is 0 Å². The van der Waals surface area contributed by atoms with Gasteiger partial charge in [-0.3, -0.25) is 4.79 Å². The molecule has 1 amide bonds. The van der Waals surface area contributed by atoms with Gasteiger partial charge in [-0.05, 0) is 61.4 Å². The third kappa shape index (κ3) is 3.52. The molecule has 9 heteroatoms. The second kappa shape index (κ2) is 7.49. The summed E-state index contributed by atoms with van der Waals surface area (Å²) in [6.07, 6.45) is 4.04. The van der Waals surface area contributed by atoms with Crippen molar-refractivity contribution in [2.75, 3.05) is 5.32 Å². The van der Waals surface area contributed by atoms with Gasteiger partial charge in [0.05, 0.1) is 22.8 Å². The molecular weight excluding hydrogens is 403 g/mol. The van der Waals surface area contributed by atoms with Gasteiger partial charge in [-0.1, -0.05) is 6.07 Å². The van der Waals surface area contributed by atoms with Gasteiger partial charge in [0.2, 0.25) is 5.82 Å². The van der Waals surface area contributed by atoms with Crippen LogP contribution in [0.3, 0.4) is 0 Å². The van der Waals surface area contributed by atoms with Crippen LogP contribution in [-0.2, 0) is 0 Å². The molecular formula is C21H19FN6OS. The van der Waals surface area contributed by atoms with Gasteiger partial charge in [0, 0.05) is 6.07 Å². The number of thiophene rings is 1. The number of halogens is 1. The number of rotatable bonds is 6. The Morgan fingerprint density at radius 1 is 1.23 bits per heavy atom. The maximum absolute atomic E-state index is 13.4. The van der Waals surface area contributed by atoms with E-state index < -0.39 is 5.91 Å². The molecule has 5 rings (SSSR count). The minimum atomic E-state index is -0.418. The normalized spacial score (nSPS) is 14.6. The zero-order chi connectivity index (χ0) is 20.7. The van der Waals surface area contributed by atoms with Gasteiger partial charge < -0.3 is 5.32 Å². The number of nitrogens with zero attached hydrogens (tertiary/aromatic N) is 5. The molecule has 1 aliphatic carbocycles. The number of hydrogen-bond donors (Lipinski definition) is 1. The highest BCUT2D eigenvalue weighted by Gasteiger charge is 2.31. The molecule has 0 bridgehead atoms. The summed E-state index contributed by atoms with van der Waals surface area (Å²) >= 11 is 1.49. The van der Waals surface area contributed by atoms with E-state index in [4.69, 9.17) is 0 Å². The average molecular weight is 422 g/mol. The lowest BCUT2D eigenvalue weighted by atomic mass is 10.2. The van der Waals surface area contributed by atoms with Gasteiger partial charge in [0.25, 0.3) is 5.91 Å². The summed E-state index contributed by atoms with van der Waals surface area (Å²) in [5.41, 5.74) is 0.624. The Balaban J connectivity index is 1.47. The van der Waals surface area contributed by atoms with Crippen molar-refractivity contribution in [3.8, 4) is 16.4 Å². The zero-order valence-electron chi connectivity index (χ0n) is 16.2. The van der Waals surface area contributed by atoms with Crippen LogP contribution in [0.5, 0.6) is 0 Å². The van der Waals surface area contributed by atoms with Crippen LogP contribution in [0.15, 0.2) is 54.0 Å². The first-order valence-electron chi connectivity index (χ1n) is 9.72. The van der Waals surface area contributed by atoms with E-state index >= 15 is 0 Å². The fraction of sp³-hybridized carbons (Fsp3) is 0.238.